The second-order valence-corrected chi connectivity index (χ2v) is 4.94. The van der Waals surface area contributed by atoms with E-state index in [2.05, 4.69) is 33.0 Å². The molecule has 0 amide bonds. The molecule has 4 N–H and O–H groups in total. The second-order valence-electron chi connectivity index (χ2n) is 3.55. The van der Waals surface area contributed by atoms with Crippen LogP contribution in [-0.2, 0) is 6.18 Å². The topological polar surface area (TPSA) is 75.9 Å². The molecule has 0 spiro atoms. The van der Waals surface area contributed by atoms with Crippen molar-refractivity contribution in [1.29, 1.82) is 0 Å². The van der Waals surface area contributed by atoms with Gasteiger partial charge in [0.1, 0.15) is 0 Å². The van der Waals surface area contributed by atoms with E-state index >= 15 is 0 Å². The van der Waals surface area contributed by atoms with Gasteiger partial charge in [0, 0.05) is 0 Å². The van der Waals surface area contributed by atoms with Crippen molar-refractivity contribution in [2.45, 2.75) is 6.18 Å². The van der Waals surface area contributed by atoms with E-state index in [9.17, 15) is 13.2 Å². The molecule has 2 aromatic heterocycles. The molecule has 2 aromatic rings. The van der Waals surface area contributed by atoms with Gasteiger partial charge in [0.05, 0.1) is 10.6 Å². The number of rotatable bonds is 3. The van der Waals surface area contributed by atoms with Gasteiger partial charge < -0.3 is 5.73 Å². The number of nitrogens with one attached hydrogen (secondary N) is 2. The van der Waals surface area contributed by atoms with E-state index in [0.717, 1.165) is 6.07 Å². The molecule has 0 saturated carbocycles. The third-order valence-electron chi connectivity index (χ3n) is 2.09. The number of alkyl halides is 3. The van der Waals surface area contributed by atoms with Gasteiger partial charge in [0.25, 0.3) is 0 Å². The molecule has 0 aromatic carbocycles. The highest BCUT2D eigenvalue weighted by atomic mass is 32.1. The van der Waals surface area contributed by atoms with Crippen LogP contribution in [0, 0.1) is 0 Å². The molecule has 0 fully saturated rings. The van der Waals surface area contributed by atoms with E-state index in [4.69, 9.17) is 5.73 Å². The van der Waals surface area contributed by atoms with Crippen LogP contribution in [0.4, 0.5) is 19.1 Å². The van der Waals surface area contributed by atoms with E-state index in [1.165, 1.54) is 11.3 Å². The van der Waals surface area contributed by atoms with Crippen LogP contribution in [0.2, 0.25) is 0 Å². The number of anilines is 1. The maximum absolute atomic E-state index is 12.8. The molecule has 2 rings (SSSR count). The first kappa shape index (κ1) is 14.5. The average Bonchev–Trinajstić information content (AvgIpc) is 2.89. The number of nitrogens with zero attached hydrogens (tertiary/aromatic N) is 2. The zero-order valence-electron chi connectivity index (χ0n) is 9.73. The standard InChI is InChI=1S/C10H8F3N5S2/c11-10(12,13)7-4-5(6-2-1-3-20-6)15-9(16-7)18-17-8(14)19/h1-4H,(H3,14,17,19)(H,15,16,18). The van der Waals surface area contributed by atoms with Gasteiger partial charge >= 0.3 is 6.18 Å². The largest absolute Gasteiger partial charge is 0.433 e. The molecule has 10 heteroatoms. The van der Waals surface area contributed by atoms with Crippen molar-refractivity contribution in [2.24, 2.45) is 5.73 Å². The summed E-state index contributed by atoms with van der Waals surface area (Å²) in [6, 6.07) is 4.27. The highest BCUT2D eigenvalue weighted by Crippen LogP contribution is 2.32. The molecule has 0 aliphatic heterocycles. The molecular formula is C10H8F3N5S2. The molecule has 0 unspecified atom stereocenters. The van der Waals surface area contributed by atoms with Crippen LogP contribution in [-0.4, -0.2) is 15.1 Å². The summed E-state index contributed by atoms with van der Waals surface area (Å²) in [5.41, 5.74) is 8.90. The quantitative estimate of drug-likeness (QED) is 0.596. The first-order valence-corrected chi connectivity index (χ1v) is 6.46. The lowest BCUT2D eigenvalue weighted by atomic mass is 10.3. The summed E-state index contributed by atoms with van der Waals surface area (Å²) in [5.74, 6) is -0.268. The first-order chi connectivity index (χ1) is 9.36. The van der Waals surface area contributed by atoms with Gasteiger partial charge in [0.2, 0.25) is 5.95 Å². The predicted octanol–water partition coefficient (Wildman–Crippen LogP) is 2.38. The monoisotopic (exact) mass is 319 g/mol. The van der Waals surface area contributed by atoms with Gasteiger partial charge in [0.15, 0.2) is 10.8 Å². The minimum atomic E-state index is -4.57. The second kappa shape index (κ2) is 5.59. The Balaban J connectivity index is 2.42. The smallest absolute Gasteiger partial charge is 0.375 e. The summed E-state index contributed by atoms with van der Waals surface area (Å²) in [4.78, 5) is 7.93. The Hall–Kier alpha value is -1.94. The normalized spacial score (nSPS) is 11.2. The fraction of sp³-hybridized carbons (Fsp3) is 0.100. The maximum Gasteiger partial charge on any atom is 0.433 e. The summed E-state index contributed by atoms with van der Waals surface area (Å²) in [6.07, 6.45) is -4.57. The summed E-state index contributed by atoms with van der Waals surface area (Å²) in [6.45, 7) is 0. The third kappa shape index (κ3) is 3.54. The van der Waals surface area contributed by atoms with Crippen molar-refractivity contribution < 1.29 is 13.2 Å². The number of nitrogens with two attached hydrogens (primary N) is 1. The highest BCUT2D eigenvalue weighted by molar-refractivity contribution is 7.80. The Morgan fingerprint density at radius 3 is 2.65 bits per heavy atom. The number of hydrogen-bond acceptors (Lipinski definition) is 5. The maximum atomic E-state index is 12.8. The van der Waals surface area contributed by atoms with Crippen LogP contribution in [0.25, 0.3) is 10.6 Å². The summed E-state index contributed by atoms with van der Waals surface area (Å²) < 4.78 is 38.4. The van der Waals surface area contributed by atoms with Crippen LogP contribution in [0.3, 0.4) is 0 Å². The molecule has 106 valence electrons. The van der Waals surface area contributed by atoms with Crippen LogP contribution >= 0.6 is 23.6 Å². The fourth-order valence-electron chi connectivity index (χ4n) is 1.32. The van der Waals surface area contributed by atoms with Crippen LogP contribution in [0.1, 0.15) is 5.69 Å². The Labute approximate surface area is 121 Å². The molecule has 0 aliphatic rings. The Kier molecular flexibility index (Phi) is 4.04. The van der Waals surface area contributed by atoms with Crippen molar-refractivity contribution in [2.75, 3.05) is 5.43 Å². The Bertz CT molecular complexity index is 612. The zero-order chi connectivity index (χ0) is 14.8. The molecule has 0 radical (unpaired) electrons. The number of halogens is 3. The number of aromatic nitrogens is 2. The van der Waals surface area contributed by atoms with E-state index in [-0.39, 0.29) is 16.8 Å². The molecule has 0 aliphatic carbocycles. The van der Waals surface area contributed by atoms with Gasteiger partial charge in [-0.2, -0.15) is 13.2 Å². The number of thiophene rings is 1. The Morgan fingerprint density at radius 1 is 1.35 bits per heavy atom. The van der Waals surface area contributed by atoms with Crippen molar-refractivity contribution in [1.82, 2.24) is 15.4 Å². The van der Waals surface area contributed by atoms with Crippen LogP contribution in [0.5, 0.6) is 0 Å². The van der Waals surface area contributed by atoms with Crippen LogP contribution in [0.15, 0.2) is 23.6 Å². The molecule has 0 bridgehead atoms. The van der Waals surface area contributed by atoms with Gasteiger partial charge in [-0.1, -0.05) is 6.07 Å². The van der Waals surface area contributed by atoms with E-state index in [1.807, 2.05) is 0 Å². The lowest BCUT2D eigenvalue weighted by Crippen LogP contribution is -2.35. The number of thiocarbonyl (C=S) groups is 1. The molecule has 0 atom stereocenters. The fourth-order valence-corrected chi connectivity index (χ4v) is 2.05. The number of hydrogen-bond donors (Lipinski definition) is 3. The summed E-state index contributed by atoms with van der Waals surface area (Å²) in [5, 5.41) is 1.61. The number of hydrazine groups is 1. The van der Waals surface area contributed by atoms with E-state index in [1.54, 1.807) is 17.5 Å². The SMILES string of the molecule is NC(=S)NNc1nc(-c2cccs2)cc(C(F)(F)F)n1. The lowest BCUT2D eigenvalue weighted by Gasteiger charge is -2.11. The molecule has 20 heavy (non-hydrogen) atoms. The van der Waals surface area contributed by atoms with E-state index in [0.29, 0.717) is 4.88 Å². The highest BCUT2D eigenvalue weighted by Gasteiger charge is 2.34. The minimum Gasteiger partial charge on any atom is -0.375 e. The van der Waals surface area contributed by atoms with Crippen molar-refractivity contribution in [3.8, 4) is 10.6 Å². The molecule has 2 heterocycles. The van der Waals surface area contributed by atoms with Crippen molar-refractivity contribution in [3.63, 3.8) is 0 Å². The van der Waals surface area contributed by atoms with E-state index < -0.39 is 11.9 Å². The van der Waals surface area contributed by atoms with Crippen molar-refractivity contribution in [3.05, 3.63) is 29.3 Å². The predicted molar refractivity (Wildman–Crippen MR) is 73.9 cm³/mol. The van der Waals surface area contributed by atoms with Gasteiger partial charge in [-0.3, -0.25) is 10.9 Å². The zero-order valence-corrected chi connectivity index (χ0v) is 11.4. The van der Waals surface area contributed by atoms with Gasteiger partial charge in [-0.25, -0.2) is 9.97 Å². The van der Waals surface area contributed by atoms with Crippen LogP contribution < -0.4 is 16.6 Å². The lowest BCUT2D eigenvalue weighted by molar-refractivity contribution is -0.141. The first-order valence-electron chi connectivity index (χ1n) is 5.18. The van der Waals surface area contributed by atoms with Crippen molar-refractivity contribution >= 4 is 34.6 Å². The molecule has 0 saturated heterocycles. The minimum absolute atomic E-state index is 0.135. The van der Waals surface area contributed by atoms with Gasteiger partial charge in [-0.05, 0) is 29.7 Å². The summed E-state index contributed by atoms with van der Waals surface area (Å²) >= 11 is 5.81. The molecule has 5 nitrogen and oxygen atoms in total. The summed E-state index contributed by atoms with van der Waals surface area (Å²) in [7, 11) is 0. The Morgan fingerprint density at radius 2 is 2.10 bits per heavy atom. The third-order valence-corrected chi connectivity index (χ3v) is 3.08. The average molecular weight is 319 g/mol. The molecular weight excluding hydrogens is 311 g/mol. The van der Waals surface area contributed by atoms with Gasteiger partial charge in [-0.15, -0.1) is 11.3 Å².